The van der Waals surface area contributed by atoms with E-state index in [1.807, 2.05) is 12.3 Å². The van der Waals surface area contributed by atoms with Crippen LogP contribution in [0.2, 0.25) is 0 Å². The Balaban J connectivity index is 1.93. The van der Waals surface area contributed by atoms with E-state index >= 15 is 0 Å². The van der Waals surface area contributed by atoms with Crippen LogP contribution in [0, 0.1) is 6.92 Å². The van der Waals surface area contributed by atoms with Crippen molar-refractivity contribution in [1.29, 1.82) is 0 Å². The van der Waals surface area contributed by atoms with Crippen LogP contribution in [0.25, 0.3) is 56.4 Å². The fourth-order valence-corrected chi connectivity index (χ4v) is 5.11. The van der Waals surface area contributed by atoms with Crippen molar-refractivity contribution in [2.45, 2.75) is 13.8 Å². The van der Waals surface area contributed by atoms with Gasteiger partial charge in [0.1, 0.15) is 0 Å². The van der Waals surface area contributed by atoms with Gasteiger partial charge in [-0.25, -0.2) is 0 Å². The number of pyridine rings is 1. The van der Waals surface area contributed by atoms with Gasteiger partial charge in [0.2, 0.25) is 0 Å². The fraction of sp³-hybridized carbons (Fsp3) is 0.0645. The maximum absolute atomic E-state index is 5.02. The quantitative estimate of drug-likeness (QED) is 0.272. The summed E-state index contributed by atoms with van der Waals surface area (Å²) in [6.07, 6.45) is 8.20. The molecule has 0 atom stereocenters. The van der Waals surface area contributed by atoms with E-state index in [0.717, 1.165) is 55.5 Å². The second kappa shape index (κ2) is 7.89. The molecule has 0 fully saturated rings. The number of aromatic nitrogens is 3. The molecule has 3 aromatic heterocycles. The van der Waals surface area contributed by atoms with Crippen LogP contribution in [0.15, 0.2) is 97.7 Å². The first-order chi connectivity index (χ1) is 16.7. The molecule has 6 rings (SSSR count). The predicted octanol–water partition coefficient (Wildman–Crippen LogP) is 8.11. The Labute approximate surface area is 198 Å². The van der Waals surface area contributed by atoms with Crippen molar-refractivity contribution in [3.05, 3.63) is 115 Å². The van der Waals surface area contributed by atoms with Crippen LogP contribution >= 0.6 is 0 Å². The Kier molecular flexibility index (Phi) is 4.70. The lowest BCUT2D eigenvalue weighted by atomic mass is 10.1. The molecule has 0 spiro atoms. The van der Waals surface area contributed by atoms with E-state index in [2.05, 4.69) is 121 Å². The van der Waals surface area contributed by atoms with Crippen molar-refractivity contribution in [2.24, 2.45) is 0 Å². The molecule has 0 aliphatic heterocycles. The van der Waals surface area contributed by atoms with Crippen molar-refractivity contribution >= 4 is 45.0 Å². The highest BCUT2D eigenvalue weighted by Crippen LogP contribution is 2.40. The standard InChI is InChI=1S/C31H25N3/c1-4-12-27-24(5-2)26-20-32-29-25-17-9-10-18-28(25)34(23-16-11-13-21(3)19-23)31(29)30(26)33(27)22-14-7-6-8-15-22/h4-20H,2H2,1,3H3/b12-4-. The van der Waals surface area contributed by atoms with Crippen molar-refractivity contribution in [2.75, 3.05) is 0 Å². The zero-order valence-corrected chi connectivity index (χ0v) is 19.4. The van der Waals surface area contributed by atoms with Gasteiger partial charge < -0.3 is 9.13 Å². The molecule has 0 aliphatic rings. The molecule has 0 bridgehead atoms. The minimum absolute atomic E-state index is 1.00. The maximum Gasteiger partial charge on any atom is 0.0985 e. The average molecular weight is 440 g/mol. The topological polar surface area (TPSA) is 22.8 Å². The summed E-state index contributed by atoms with van der Waals surface area (Å²) in [5.74, 6) is 0. The summed E-state index contributed by atoms with van der Waals surface area (Å²) in [5.41, 5.74) is 10.1. The summed E-state index contributed by atoms with van der Waals surface area (Å²) in [6.45, 7) is 8.35. The zero-order chi connectivity index (χ0) is 23.2. The first kappa shape index (κ1) is 20.3. The predicted molar refractivity (Wildman–Crippen MR) is 145 cm³/mol. The van der Waals surface area contributed by atoms with Gasteiger partial charge in [-0.1, -0.05) is 67.3 Å². The summed E-state index contributed by atoms with van der Waals surface area (Å²) >= 11 is 0. The van der Waals surface area contributed by atoms with Crippen molar-refractivity contribution in [3.63, 3.8) is 0 Å². The highest BCUT2D eigenvalue weighted by Gasteiger charge is 2.23. The molecular weight excluding hydrogens is 414 g/mol. The molecule has 164 valence electrons. The highest BCUT2D eigenvalue weighted by atomic mass is 15.1. The lowest BCUT2D eigenvalue weighted by molar-refractivity contribution is 1.09. The van der Waals surface area contributed by atoms with Crippen LogP contribution in [-0.4, -0.2) is 14.1 Å². The molecule has 34 heavy (non-hydrogen) atoms. The summed E-state index contributed by atoms with van der Waals surface area (Å²) in [5, 5.41) is 2.24. The van der Waals surface area contributed by atoms with Crippen LogP contribution in [0.4, 0.5) is 0 Å². The van der Waals surface area contributed by atoms with Gasteiger partial charge >= 0.3 is 0 Å². The summed E-state index contributed by atoms with van der Waals surface area (Å²) in [7, 11) is 0. The minimum atomic E-state index is 1.00. The van der Waals surface area contributed by atoms with Gasteiger partial charge in [0.15, 0.2) is 0 Å². The van der Waals surface area contributed by atoms with Crippen LogP contribution in [-0.2, 0) is 0 Å². The molecule has 0 saturated carbocycles. The number of nitrogens with zero attached hydrogens (tertiary/aromatic N) is 3. The van der Waals surface area contributed by atoms with Gasteiger partial charge in [0.25, 0.3) is 0 Å². The molecule has 3 heteroatoms. The normalized spacial score (nSPS) is 11.8. The molecule has 0 saturated heterocycles. The first-order valence-electron chi connectivity index (χ1n) is 11.6. The van der Waals surface area contributed by atoms with Gasteiger partial charge in [0, 0.05) is 33.9 Å². The van der Waals surface area contributed by atoms with E-state index in [-0.39, 0.29) is 0 Å². The summed E-state index contributed by atoms with van der Waals surface area (Å²) in [4.78, 5) is 5.02. The highest BCUT2D eigenvalue weighted by molar-refractivity contribution is 6.17. The van der Waals surface area contributed by atoms with E-state index < -0.39 is 0 Å². The molecule has 0 N–H and O–H groups in total. The molecular formula is C31H25N3. The summed E-state index contributed by atoms with van der Waals surface area (Å²) in [6, 6.07) is 27.7. The third kappa shape index (κ3) is 2.87. The van der Waals surface area contributed by atoms with Gasteiger partial charge in [-0.05, 0) is 55.8 Å². The lowest BCUT2D eigenvalue weighted by Crippen LogP contribution is -2.00. The third-order valence-corrected chi connectivity index (χ3v) is 6.48. The largest absolute Gasteiger partial charge is 0.307 e. The molecule has 6 aromatic rings. The fourth-order valence-electron chi connectivity index (χ4n) is 5.11. The lowest BCUT2D eigenvalue weighted by Gasteiger charge is -2.13. The monoisotopic (exact) mass is 439 g/mol. The molecule has 3 aromatic carbocycles. The second-order valence-corrected chi connectivity index (χ2v) is 8.58. The molecule has 0 amide bonds. The van der Waals surface area contributed by atoms with E-state index in [4.69, 9.17) is 4.98 Å². The van der Waals surface area contributed by atoms with Crippen LogP contribution in [0.5, 0.6) is 0 Å². The number of benzene rings is 3. The Bertz CT molecular complexity index is 1730. The smallest absolute Gasteiger partial charge is 0.0985 e. The zero-order valence-electron chi connectivity index (χ0n) is 19.4. The summed E-state index contributed by atoms with van der Waals surface area (Å²) < 4.78 is 4.71. The SMILES string of the molecule is C=Cc1c(/C=C\C)n(-c2ccccc2)c2c1cnc1c3ccccc3n(-c3cccc(C)c3)c12. The van der Waals surface area contributed by atoms with Gasteiger partial charge in [-0.3, -0.25) is 4.98 Å². The van der Waals surface area contributed by atoms with Crippen molar-refractivity contribution in [3.8, 4) is 11.4 Å². The number of fused-ring (bicyclic) bond motifs is 5. The molecule has 3 nitrogen and oxygen atoms in total. The molecule has 3 heterocycles. The number of allylic oxidation sites excluding steroid dienone is 1. The van der Waals surface area contributed by atoms with Gasteiger partial charge in [-0.15, -0.1) is 0 Å². The maximum atomic E-state index is 5.02. The third-order valence-electron chi connectivity index (χ3n) is 6.48. The van der Waals surface area contributed by atoms with Crippen LogP contribution in [0.3, 0.4) is 0 Å². The number of rotatable bonds is 4. The van der Waals surface area contributed by atoms with Gasteiger partial charge in [-0.2, -0.15) is 0 Å². The Morgan fingerprint density at radius 3 is 2.32 bits per heavy atom. The molecule has 0 unspecified atom stereocenters. The van der Waals surface area contributed by atoms with E-state index in [1.54, 1.807) is 0 Å². The van der Waals surface area contributed by atoms with Crippen LogP contribution < -0.4 is 0 Å². The second-order valence-electron chi connectivity index (χ2n) is 8.58. The molecule has 0 aliphatic carbocycles. The average Bonchev–Trinajstić information content (AvgIpc) is 3.37. The Hall–Kier alpha value is -4.37. The number of hydrogen-bond acceptors (Lipinski definition) is 1. The number of para-hydroxylation sites is 2. The van der Waals surface area contributed by atoms with E-state index in [1.165, 1.54) is 5.56 Å². The number of aryl methyl sites for hydroxylation is 1. The Morgan fingerprint density at radius 1 is 0.794 bits per heavy atom. The molecule has 0 radical (unpaired) electrons. The van der Waals surface area contributed by atoms with Crippen molar-refractivity contribution < 1.29 is 0 Å². The Morgan fingerprint density at radius 2 is 1.56 bits per heavy atom. The first-order valence-corrected chi connectivity index (χ1v) is 11.6. The minimum Gasteiger partial charge on any atom is -0.307 e. The van der Waals surface area contributed by atoms with Gasteiger partial charge in [0.05, 0.1) is 27.8 Å². The van der Waals surface area contributed by atoms with E-state index in [0.29, 0.717) is 0 Å². The van der Waals surface area contributed by atoms with E-state index in [9.17, 15) is 0 Å². The van der Waals surface area contributed by atoms with Crippen molar-refractivity contribution in [1.82, 2.24) is 14.1 Å². The van der Waals surface area contributed by atoms with Crippen LogP contribution in [0.1, 0.15) is 23.7 Å². The number of hydrogen-bond donors (Lipinski definition) is 0.